The molecular formula is C18H20ClF4N3O. The van der Waals surface area contributed by atoms with Crippen molar-refractivity contribution in [3.8, 4) is 5.75 Å². The summed E-state index contributed by atoms with van der Waals surface area (Å²) in [7, 11) is 0. The van der Waals surface area contributed by atoms with Gasteiger partial charge in [0.05, 0.1) is 0 Å². The third kappa shape index (κ3) is 6.05. The number of aromatic nitrogens is 1. The van der Waals surface area contributed by atoms with Crippen molar-refractivity contribution in [3.63, 3.8) is 0 Å². The van der Waals surface area contributed by atoms with Gasteiger partial charge in [-0.15, -0.1) is 12.4 Å². The molecular weight excluding hydrogens is 386 g/mol. The first-order chi connectivity index (χ1) is 12.4. The molecule has 0 spiro atoms. The second kappa shape index (κ2) is 9.34. The molecule has 2 heterocycles. The lowest BCUT2D eigenvalue weighted by molar-refractivity contribution is -0.153. The van der Waals surface area contributed by atoms with Gasteiger partial charge in [0.1, 0.15) is 0 Å². The van der Waals surface area contributed by atoms with Gasteiger partial charge >= 0.3 is 6.18 Å². The molecule has 4 nitrogen and oxygen atoms in total. The third-order valence-electron chi connectivity index (χ3n) is 4.20. The van der Waals surface area contributed by atoms with E-state index in [0.29, 0.717) is 12.1 Å². The Balaban J connectivity index is 0.00000261. The molecule has 0 radical (unpaired) electrons. The van der Waals surface area contributed by atoms with Crippen LogP contribution in [0.15, 0.2) is 42.7 Å². The van der Waals surface area contributed by atoms with Crippen LogP contribution in [-0.4, -0.2) is 42.3 Å². The van der Waals surface area contributed by atoms with Crippen molar-refractivity contribution in [2.24, 2.45) is 0 Å². The summed E-state index contributed by atoms with van der Waals surface area (Å²) >= 11 is 0. The number of halogens is 5. The SMILES string of the molecule is Cl.Fc1cc(CN2CCNCC2c2cccnc2)ccc1OCC(F)(F)F. The van der Waals surface area contributed by atoms with Crippen molar-refractivity contribution in [2.75, 3.05) is 26.2 Å². The highest BCUT2D eigenvalue weighted by Gasteiger charge is 2.29. The summed E-state index contributed by atoms with van der Waals surface area (Å²) in [5.41, 5.74) is 1.74. The second-order valence-corrected chi connectivity index (χ2v) is 6.15. The van der Waals surface area contributed by atoms with Crippen LogP contribution in [0.2, 0.25) is 0 Å². The minimum Gasteiger partial charge on any atom is -0.481 e. The molecule has 0 bridgehead atoms. The van der Waals surface area contributed by atoms with Gasteiger partial charge in [0, 0.05) is 44.6 Å². The zero-order valence-electron chi connectivity index (χ0n) is 14.4. The third-order valence-corrected chi connectivity index (χ3v) is 4.20. The van der Waals surface area contributed by atoms with Gasteiger partial charge in [-0.1, -0.05) is 12.1 Å². The largest absolute Gasteiger partial charge is 0.481 e. The molecule has 0 saturated carbocycles. The number of alkyl halides is 3. The van der Waals surface area contributed by atoms with Crippen LogP contribution >= 0.6 is 12.4 Å². The molecule has 1 fully saturated rings. The van der Waals surface area contributed by atoms with Gasteiger partial charge in [-0.25, -0.2) is 4.39 Å². The van der Waals surface area contributed by atoms with Crippen molar-refractivity contribution in [1.82, 2.24) is 15.2 Å². The van der Waals surface area contributed by atoms with E-state index in [9.17, 15) is 17.6 Å². The number of rotatable bonds is 5. The molecule has 1 N–H and O–H groups in total. The highest BCUT2D eigenvalue weighted by Crippen LogP contribution is 2.26. The van der Waals surface area contributed by atoms with Gasteiger partial charge in [0.15, 0.2) is 18.2 Å². The first kappa shape index (κ1) is 21.4. The van der Waals surface area contributed by atoms with Crippen LogP contribution in [0.25, 0.3) is 0 Å². The van der Waals surface area contributed by atoms with Crippen LogP contribution in [0, 0.1) is 5.82 Å². The molecule has 148 valence electrons. The summed E-state index contributed by atoms with van der Waals surface area (Å²) < 4.78 is 55.2. The predicted molar refractivity (Wildman–Crippen MR) is 95.5 cm³/mol. The average molecular weight is 406 g/mol. The van der Waals surface area contributed by atoms with Crippen LogP contribution < -0.4 is 10.1 Å². The van der Waals surface area contributed by atoms with Crippen molar-refractivity contribution >= 4 is 12.4 Å². The fourth-order valence-corrected chi connectivity index (χ4v) is 2.99. The standard InChI is InChI=1S/C18H19F4N3O.ClH/c19-15-8-13(3-4-17(15)26-12-18(20,21)22)11-25-7-6-24-10-16(25)14-2-1-5-23-9-14;/h1-5,8-9,16,24H,6-7,10-12H2;1H. The van der Waals surface area contributed by atoms with Gasteiger partial charge in [-0.3, -0.25) is 9.88 Å². The number of pyridine rings is 1. The van der Waals surface area contributed by atoms with Gasteiger partial charge in [0.25, 0.3) is 0 Å². The maximum absolute atomic E-state index is 14.1. The molecule has 3 rings (SSSR count). The maximum atomic E-state index is 14.1. The van der Waals surface area contributed by atoms with Crippen molar-refractivity contribution < 1.29 is 22.3 Å². The van der Waals surface area contributed by atoms with Gasteiger partial charge in [-0.05, 0) is 29.3 Å². The van der Waals surface area contributed by atoms with Gasteiger partial charge < -0.3 is 10.1 Å². The van der Waals surface area contributed by atoms with Gasteiger partial charge in [-0.2, -0.15) is 13.2 Å². The molecule has 9 heteroatoms. The Bertz CT molecular complexity index is 730. The number of hydrogen-bond acceptors (Lipinski definition) is 4. The highest BCUT2D eigenvalue weighted by molar-refractivity contribution is 5.85. The number of nitrogens with zero attached hydrogens (tertiary/aromatic N) is 2. The van der Waals surface area contributed by atoms with E-state index in [1.54, 1.807) is 18.5 Å². The van der Waals surface area contributed by atoms with E-state index < -0.39 is 24.3 Å². The summed E-state index contributed by atoms with van der Waals surface area (Å²) in [5.74, 6) is -1.19. The van der Waals surface area contributed by atoms with E-state index in [1.807, 2.05) is 12.1 Å². The Hall–Kier alpha value is -1.90. The van der Waals surface area contributed by atoms with E-state index in [2.05, 4.69) is 19.9 Å². The number of hydrogen-bond donors (Lipinski definition) is 1. The Kier molecular flexibility index (Phi) is 7.41. The Morgan fingerprint density at radius 3 is 2.74 bits per heavy atom. The minimum atomic E-state index is -4.50. The van der Waals surface area contributed by atoms with E-state index in [1.165, 1.54) is 12.1 Å². The molecule has 1 saturated heterocycles. The lowest BCUT2D eigenvalue weighted by atomic mass is 10.0. The lowest BCUT2D eigenvalue weighted by Crippen LogP contribution is -2.45. The Labute approximate surface area is 160 Å². The van der Waals surface area contributed by atoms with Crippen molar-refractivity contribution in [3.05, 3.63) is 59.7 Å². The van der Waals surface area contributed by atoms with Crippen molar-refractivity contribution in [1.29, 1.82) is 0 Å². The summed E-state index contributed by atoms with van der Waals surface area (Å²) in [6.45, 7) is 1.31. The smallest absolute Gasteiger partial charge is 0.422 e. The first-order valence-electron chi connectivity index (χ1n) is 8.25. The van der Waals surface area contributed by atoms with Crippen LogP contribution in [0.4, 0.5) is 17.6 Å². The van der Waals surface area contributed by atoms with E-state index in [0.717, 1.165) is 25.2 Å². The zero-order valence-corrected chi connectivity index (χ0v) is 15.2. The summed E-state index contributed by atoms with van der Waals surface area (Å²) in [6.07, 6.45) is -0.985. The fraction of sp³-hybridized carbons (Fsp3) is 0.389. The highest BCUT2D eigenvalue weighted by atomic mass is 35.5. The number of piperazine rings is 1. The van der Waals surface area contributed by atoms with Crippen molar-refractivity contribution in [2.45, 2.75) is 18.8 Å². The van der Waals surface area contributed by atoms with E-state index >= 15 is 0 Å². The lowest BCUT2D eigenvalue weighted by Gasteiger charge is -2.36. The molecule has 0 aliphatic carbocycles. The van der Waals surface area contributed by atoms with Crippen LogP contribution in [-0.2, 0) is 6.54 Å². The molecule has 1 aliphatic rings. The van der Waals surface area contributed by atoms with Crippen LogP contribution in [0.5, 0.6) is 5.75 Å². The molecule has 1 aromatic carbocycles. The molecule has 27 heavy (non-hydrogen) atoms. The second-order valence-electron chi connectivity index (χ2n) is 6.15. The molecule has 2 aromatic rings. The molecule has 1 atom stereocenters. The minimum absolute atomic E-state index is 0. The summed E-state index contributed by atoms with van der Waals surface area (Å²) in [4.78, 5) is 6.34. The van der Waals surface area contributed by atoms with E-state index in [-0.39, 0.29) is 18.4 Å². The zero-order chi connectivity index (χ0) is 18.6. The number of nitrogens with one attached hydrogen (secondary N) is 1. The topological polar surface area (TPSA) is 37.4 Å². The Morgan fingerprint density at radius 2 is 2.07 bits per heavy atom. The van der Waals surface area contributed by atoms with E-state index in [4.69, 9.17) is 0 Å². The molecule has 1 aliphatic heterocycles. The predicted octanol–water partition coefficient (Wildman–Crippen LogP) is 3.73. The quantitative estimate of drug-likeness (QED) is 0.769. The monoisotopic (exact) mass is 405 g/mol. The molecule has 0 amide bonds. The number of benzene rings is 1. The first-order valence-corrected chi connectivity index (χ1v) is 8.25. The van der Waals surface area contributed by atoms with Crippen LogP contribution in [0.3, 0.4) is 0 Å². The Morgan fingerprint density at radius 1 is 1.26 bits per heavy atom. The average Bonchev–Trinajstić information content (AvgIpc) is 2.61. The normalized spacial score (nSPS) is 18.0. The number of ether oxygens (including phenoxy) is 1. The molecule has 1 unspecified atom stereocenters. The van der Waals surface area contributed by atoms with Gasteiger partial charge in [0.2, 0.25) is 0 Å². The fourth-order valence-electron chi connectivity index (χ4n) is 2.99. The maximum Gasteiger partial charge on any atom is 0.422 e. The summed E-state index contributed by atoms with van der Waals surface area (Å²) in [5, 5.41) is 3.33. The summed E-state index contributed by atoms with van der Waals surface area (Å²) in [6, 6.07) is 8.03. The van der Waals surface area contributed by atoms with Crippen LogP contribution in [0.1, 0.15) is 17.2 Å². The molecule has 1 aromatic heterocycles.